The zero-order valence-corrected chi connectivity index (χ0v) is 18.7. The van der Waals surface area contributed by atoms with Gasteiger partial charge in [0.25, 0.3) is 0 Å². The van der Waals surface area contributed by atoms with Crippen molar-refractivity contribution < 1.29 is 4.74 Å². The second-order valence-electron chi connectivity index (χ2n) is 7.52. The number of rotatable bonds is 5. The molecule has 1 spiro atoms. The van der Waals surface area contributed by atoms with E-state index in [4.69, 9.17) is 4.74 Å². The first-order chi connectivity index (χ1) is 12.7. The lowest BCUT2D eigenvalue weighted by Crippen LogP contribution is -2.68. The lowest BCUT2D eigenvalue weighted by atomic mass is 9.51. The van der Waals surface area contributed by atoms with Gasteiger partial charge in [0, 0.05) is 37.0 Å². The molecule has 6 nitrogen and oxygen atoms in total. The van der Waals surface area contributed by atoms with Crippen molar-refractivity contribution in [3.8, 4) is 0 Å². The van der Waals surface area contributed by atoms with E-state index in [0.717, 1.165) is 30.3 Å². The number of ether oxygens (including phenoxy) is 1. The fourth-order valence-corrected chi connectivity index (χ4v) is 4.46. The van der Waals surface area contributed by atoms with Crippen molar-refractivity contribution >= 4 is 35.6 Å². The van der Waals surface area contributed by atoms with Crippen molar-refractivity contribution in [3.05, 3.63) is 35.8 Å². The number of halogens is 1. The molecular weight excluding hydrogens is 453 g/mol. The molecule has 0 aliphatic heterocycles. The van der Waals surface area contributed by atoms with Gasteiger partial charge in [-0.15, -0.1) is 24.0 Å². The highest BCUT2D eigenvalue weighted by atomic mass is 127. The summed E-state index contributed by atoms with van der Waals surface area (Å²) in [5.41, 5.74) is 3.51. The lowest BCUT2D eigenvalue weighted by Gasteiger charge is -2.61. The molecule has 2 unspecified atom stereocenters. The van der Waals surface area contributed by atoms with Gasteiger partial charge in [-0.25, -0.2) is 4.98 Å². The SMILES string of the molecule is CCOC1CC(NC(=NC)NCc2cn3c(C)cccc3n2)C12CCC2.I. The molecule has 2 aromatic heterocycles. The maximum Gasteiger partial charge on any atom is 0.191 e. The molecule has 0 bridgehead atoms. The molecule has 2 aliphatic carbocycles. The summed E-state index contributed by atoms with van der Waals surface area (Å²) in [6.45, 7) is 5.65. The van der Waals surface area contributed by atoms with Crippen molar-refractivity contribution in [1.29, 1.82) is 0 Å². The van der Waals surface area contributed by atoms with Gasteiger partial charge < -0.3 is 19.8 Å². The Hall–Kier alpha value is -1.35. The van der Waals surface area contributed by atoms with E-state index in [2.05, 4.69) is 51.1 Å². The largest absolute Gasteiger partial charge is 0.378 e. The maximum absolute atomic E-state index is 5.94. The fourth-order valence-electron chi connectivity index (χ4n) is 4.46. The smallest absolute Gasteiger partial charge is 0.191 e. The highest BCUT2D eigenvalue weighted by Gasteiger charge is 2.59. The van der Waals surface area contributed by atoms with Crippen LogP contribution in [-0.4, -0.2) is 41.1 Å². The van der Waals surface area contributed by atoms with Crippen LogP contribution < -0.4 is 10.6 Å². The van der Waals surface area contributed by atoms with Crippen LogP contribution in [0.1, 0.15) is 44.0 Å². The molecule has 2 saturated carbocycles. The van der Waals surface area contributed by atoms with E-state index in [0.29, 0.717) is 24.1 Å². The maximum atomic E-state index is 5.94. The number of nitrogens with one attached hydrogen (secondary N) is 2. The standard InChI is InChI=1S/C20H29N5O.HI/c1-4-26-17-11-16(20(17)9-6-10-20)24-19(21-3)22-12-15-13-25-14(2)7-5-8-18(25)23-15;/h5,7-8,13,16-17H,4,6,9-12H2,1-3H3,(H2,21,22,24);1H. The topological polar surface area (TPSA) is 63.0 Å². The number of hydrogen-bond donors (Lipinski definition) is 2. The lowest BCUT2D eigenvalue weighted by molar-refractivity contribution is -0.168. The monoisotopic (exact) mass is 483 g/mol. The number of imidazole rings is 1. The molecule has 2 aromatic rings. The fraction of sp³-hybridized carbons (Fsp3) is 0.600. The van der Waals surface area contributed by atoms with Crippen molar-refractivity contribution in [3.63, 3.8) is 0 Å². The Morgan fingerprint density at radius 2 is 2.22 bits per heavy atom. The van der Waals surface area contributed by atoms with Crippen LogP contribution in [0, 0.1) is 12.3 Å². The average molecular weight is 483 g/mol. The highest BCUT2D eigenvalue weighted by Crippen LogP contribution is 2.57. The summed E-state index contributed by atoms with van der Waals surface area (Å²) >= 11 is 0. The summed E-state index contributed by atoms with van der Waals surface area (Å²) in [6.07, 6.45) is 7.41. The quantitative estimate of drug-likeness (QED) is 0.390. The summed E-state index contributed by atoms with van der Waals surface area (Å²) < 4.78 is 8.06. The van der Waals surface area contributed by atoms with Crippen molar-refractivity contribution in [2.24, 2.45) is 10.4 Å². The number of fused-ring (bicyclic) bond motifs is 1. The minimum absolute atomic E-state index is 0. The van der Waals surface area contributed by atoms with Gasteiger partial charge in [-0.1, -0.05) is 12.5 Å². The first-order valence-electron chi connectivity index (χ1n) is 9.68. The molecule has 7 heteroatoms. The van der Waals surface area contributed by atoms with Crippen LogP contribution in [0.3, 0.4) is 0 Å². The molecule has 2 aliphatic rings. The van der Waals surface area contributed by atoms with E-state index in [1.807, 2.05) is 19.2 Å². The van der Waals surface area contributed by atoms with Gasteiger partial charge in [0.15, 0.2) is 5.96 Å². The number of nitrogens with zero attached hydrogens (tertiary/aromatic N) is 3. The van der Waals surface area contributed by atoms with E-state index in [1.54, 1.807) is 0 Å². The van der Waals surface area contributed by atoms with Gasteiger partial charge >= 0.3 is 0 Å². The van der Waals surface area contributed by atoms with Crippen LogP contribution in [0.2, 0.25) is 0 Å². The minimum atomic E-state index is 0. The number of aromatic nitrogens is 2. The third-order valence-electron chi connectivity index (χ3n) is 6.15. The summed E-state index contributed by atoms with van der Waals surface area (Å²) in [6, 6.07) is 6.63. The van der Waals surface area contributed by atoms with E-state index < -0.39 is 0 Å². The van der Waals surface area contributed by atoms with E-state index in [1.165, 1.54) is 25.0 Å². The normalized spacial score (nSPS) is 23.4. The third-order valence-corrected chi connectivity index (χ3v) is 6.15. The second kappa shape index (κ2) is 8.34. The first-order valence-corrected chi connectivity index (χ1v) is 9.68. The molecule has 0 saturated heterocycles. The molecule has 2 fully saturated rings. The molecule has 0 radical (unpaired) electrons. The van der Waals surface area contributed by atoms with Crippen LogP contribution >= 0.6 is 24.0 Å². The van der Waals surface area contributed by atoms with Crippen LogP contribution in [-0.2, 0) is 11.3 Å². The summed E-state index contributed by atoms with van der Waals surface area (Å²) in [5, 5.41) is 7.04. The number of aryl methyl sites for hydroxylation is 1. The molecule has 27 heavy (non-hydrogen) atoms. The molecule has 0 aromatic carbocycles. The molecule has 0 amide bonds. The Morgan fingerprint density at radius 3 is 2.85 bits per heavy atom. The van der Waals surface area contributed by atoms with Crippen molar-refractivity contribution in [2.45, 2.75) is 58.2 Å². The zero-order chi connectivity index (χ0) is 18.1. The molecular formula is C20H30IN5O. The summed E-state index contributed by atoms with van der Waals surface area (Å²) in [4.78, 5) is 9.09. The van der Waals surface area contributed by atoms with E-state index in [9.17, 15) is 0 Å². The van der Waals surface area contributed by atoms with E-state index >= 15 is 0 Å². The van der Waals surface area contributed by atoms with Crippen LogP contribution in [0.4, 0.5) is 0 Å². The van der Waals surface area contributed by atoms with Crippen LogP contribution in [0.25, 0.3) is 5.65 Å². The number of hydrogen-bond acceptors (Lipinski definition) is 3. The Morgan fingerprint density at radius 1 is 1.41 bits per heavy atom. The molecule has 148 valence electrons. The zero-order valence-electron chi connectivity index (χ0n) is 16.4. The van der Waals surface area contributed by atoms with Crippen molar-refractivity contribution in [2.75, 3.05) is 13.7 Å². The Balaban J connectivity index is 0.00000210. The summed E-state index contributed by atoms with van der Waals surface area (Å²) in [7, 11) is 1.83. The van der Waals surface area contributed by atoms with Gasteiger partial charge in [0.05, 0.1) is 18.3 Å². The first kappa shape index (κ1) is 20.4. The molecule has 2 atom stereocenters. The van der Waals surface area contributed by atoms with Crippen LogP contribution in [0.15, 0.2) is 29.4 Å². The van der Waals surface area contributed by atoms with E-state index in [-0.39, 0.29) is 24.0 Å². The Labute approximate surface area is 178 Å². The number of pyridine rings is 1. The average Bonchev–Trinajstić information content (AvgIpc) is 3.00. The third kappa shape index (κ3) is 3.68. The van der Waals surface area contributed by atoms with Gasteiger partial charge in [0.2, 0.25) is 0 Å². The summed E-state index contributed by atoms with van der Waals surface area (Å²) in [5.74, 6) is 0.852. The van der Waals surface area contributed by atoms with Gasteiger partial charge in [-0.2, -0.15) is 0 Å². The van der Waals surface area contributed by atoms with Crippen molar-refractivity contribution in [1.82, 2.24) is 20.0 Å². The number of aliphatic imine (C=N–C) groups is 1. The molecule has 2 N–H and O–H groups in total. The van der Waals surface area contributed by atoms with Crippen LogP contribution in [0.5, 0.6) is 0 Å². The van der Waals surface area contributed by atoms with Gasteiger partial charge in [0.1, 0.15) is 5.65 Å². The Kier molecular flexibility index (Phi) is 6.30. The second-order valence-corrected chi connectivity index (χ2v) is 7.52. The van der Waals surface area contributed by atoms with Gasteiger partial charge in [-0.3, -0.25) is 4.99 Å². The number of guanidine groups is 1. The highest BCUT2D eigenvalue weighted by molar-refractivity contribution is 14.0. The predicted molar refractivity (Wildman–Crippen MR) is 119 cm³/mol. The molecule has 4 rings (SSSR count). The molecule has 2 heterocycles. The minimum Gasteiger partial charge on any atom is -0.378 e. The van der Waals surface area contributed by atoms with Gasteiger partial charge in [-0.05, 0) is 45.2 Å². The Bertz CT molecular complexity index is 814. The predicted octanol–water partition coefficient (Wildman–Crippen LogP) is 3.27.